The van der Waals surface area contributed by atoms with E-state index < -0.39 is 30.0 Å². The zero-order valence-corrected chi connectivity index (χ0v) is 20.5. The summed E-state index contributed by atoms with van der Waals surface area (Å²) in [5.74, 6) is -2.89. The Morgan fingerprint density at radius 3 is 2.32 bits per heavy atom. The number of aromatic nitrogens is 1. The second-order valence-corrected chi connectivity index (χ2v) is 8.42. The molecule has 3 atom stereocenters. The van der Waals surface area contributed by atoms with E-state index in [1.807, 2.05) is 19.9 Å². The number of methoxy groups -OCH3 is 1. The van der Waals surface area contributed by atoms with Gasteiger partial charge in [0.2, 0.25) is 5.75 Å². The highest BCUT2D eigenvalue weighted by Gasteiger charge is 2.31. The molecule has 1 N–H and O–H groups in total. The third-order valence-electron chi connectivity index (χ3n) is 5.29. The standard InChI is InChI=1S/C25H31FN2O6/c1-13(2)21(18-9-8-14(3)12-19(18)26)16(5)33-25(31)15(4)28-24(30)22-23(34-17(6)29)20(32-7)10-11-27-22/h8-13,15-16,21H,1-7H3,(H,28,30)/t15-,16-,21+/m0/s1. The number of carbonyl (C=O) groups is 3. The highest BCUT2D eigenvalue weighted by Crippen LogP contribution is 2.32. The summed E-state index contributed by atoms with van der Waals surface area (Å²) in [5, 5.41) is 2.50. The third kappa shape index (κ3) is 6.52. The Kier molecular flexibility index (Phi) is 9.11. The summed E-state index contributed by atoms with van der Waals surface area (Å²) in [5.41, 5.74) is 1.04. The molecule has 1 aromatic heterocycles. The monoisotopic (exact) mass is 474 g/mol. The molecule has 0 saturated carbocycles. The first-order valence-corrected chi connectivity index (χ1v) is 10.9. The topological polar surface area (TPSA) is 104 Å². The van der Waals surface area contributed by atoms with Crippen LogP contribution in [0, 0.1) is 18.7 Å². The average molecular weight is 475 g/mol. The molecule has 2 rings (SSSR count). The highest BCUT2D eigenvalue weighted by atomic mass is 19.1. The molecule has 0 aliphatic heterocycles. The number of pyridine rings is 1. The number of nitrogens with one attached hydrogen (secondary N) is 1. The van der Waals surface area contributed by atoms with Crippen LogP contribution >= 0.6 is 0 Å². The van der Waals surface area contributed by atoms with Crippen LogP contribution in [0.2, 0.25) is 0 Å². The summed E-state index contributed by atoms with van der Waals surface area (Å²) in [6.07, 6.45) is 0.658. The maximum absolute atomic E-state index is 14.6. The first-order chi connectivity index (χ1) is 16.0. The van der Waals surface area contributed by atoms with Crippen molar-refractivity contribution in [2.24, 2.45) is 5.92 Å². The van der Waals surface area contributed by atoms with Crippen molar-refractivity contribution in [2.75, 3.05) is 7.11 Å². The zero-order chi connectivity index (χ0) is 25.6. The van der Waals surface area contributed by atoms with Crippen LogP contribution in [0.1, 0.15) is 62.2 Å². The molecule has 2 aromatic rings. The van der Waals surface area contributed by atoms with Crippen LogP contribution in [-0.2, 0) is 14.3 Å². The van der Waals surface area contributed by atoms with Gasteiger partial charge in [0, 0.05) is 25.1 Å². The normalized spacial score (nSPS) is 13.6. The summed E-state index contributed by atoms with van der Waals surface area (Å²) in [6.45, 7) is 9.97. The SMILES string of the molecule is COc1ccnc(C(=O)N[C@@H](C)C(=O)O[C@@H](C)[C@H](c2ccc(C)cc2F)C(C)C)c1OC(C)=O. The summed E-state index contributed by atoms with van der Waals surface area (Å²) in [6, 6.07) is 5.35. The van der Waals surface area contributed by atoms with Gasteiger partial charge in [0.15, 0.2) is 11.4 Å². The molecule has 1 heterocycles. The number of hydrogen-bond acceptors (Lipinski definition) is 7. The molecule has 8 nitrogen and oxygen atoms in total. The minimum Gasteiger partial charge on any atom is -0.493 e. The molecule has 0 aliphatic rings. The summed E-state index contributed by atoms with van der Waals surface area (Å²) < 4.78 is 30.4. The maximum Gasteiger partial charge on any atom is 0.328 e. The van der Waals surface area contributed by atoms with E-state index in [9.17, 15) is 18.8 Å². The number of rotatable bonds is 9. The van der Waals surface area contributed by atoms with Crippen molar-refractivity contribution >= 4 is 17.8 Å². The van der Waals surface area contributed by atoms with Gasteiger partial charge in [0.1, 0.15) is 18.0 Å². The van der Waals surface area contributed by atoms with E-state index in [4.69, 9.17) is 14.2 Å². The fourth-order valence-corrected chi connectivity index (χ4v) is 3.73. The van der Waals surface area contributed by atoms with Gasteiger partial charge in [-0.05, 0) is 43.9 Å². The molecule has 9 heteroatoms. The van der Waals surface area contributed by atoms with Crippen molar-refractivity contribution in [3.63, 3.8) is 0 Å². The molecule has 0 bridgehead atoms. The van der Waals surface area contributed by atoms with Crippen molar-refractivity contribution in [2.45, 2.75) is 59.6 Å². The van der Waals surface area contributed by atoms with Gasteiger partial charge in [-0.3, -0.25) is 9.59 Å². The summed E-state index contributed by atoms with van der Waals surface area (Å²) >= 11 is 0. The van der Waals surface area contributed by atoms with Crippen molar-refractivity contribution < 1.29 is 33.0 Å². The van der Waals surface area contributed by atoms with Crippen molar-refractivity contribution in [3.8, 4) is 11.5 Å². The number of halogens is 1. The van der Waals surface area contributed by atoms with Gasteiger partial charge in [-0.25, -0.2) is 14.2 Å². The Balaban J connectivity index is 2.16. The second kappa shape index (κ2) is 11.6. The van der Waals surface area contributed by atoms with Crippen molar-refractivity contribution in [1.82, 2.24) is 10.3 Å². The Morgan fingerprint density at radius 2 is 1.76 bits per heavy atom. The van der Waals surface area contributed by atoms with Gasteiger partial charge >= 0.3 is 11.9 Å². The number of nitrogens with zero attached hydrogens (tertiary/aromatic N) is 1. The number of hydrogen-bond donors (Lipinski definition) is 1. The van der Waals surface area contributed by atoms with Gasteiger partial charge in [-0.2, -0.15) is 0 Å². The van der Waals surface area contributed by atoms with Crippen LogP contribution in [0.15, 0.2) is 30.5 Å². The number of ether oxygens (including phenoxy) is 3. The second-order valence-electron chi connectivity index (χ2n) is 8.42. The van der Waals surface area contributed by atoms with Crippen LogP contribution in [0.3, 0.4) is 0 Å². The number of benzene rings is 1. The molecule has 0 spiro atoms. The van der Waals surface area contributed by atoms with Gasteiger partial charge < -0.3 is 19.5 Å². The first kappa shape index (κ1) is 26.8. The Labute approximate surface area is 198 Å². The lowest BCUT2D eigenvalue weighted by molar-refractivity contribution is -0.151. The fraction of sp³-hybridized carbons (Fsp3) is 0.440. The van der Waals surface area contributed by atoms with Gasteiger partial charge in [-0.1, -0.05) is 26.0 Å². The minimum atomic E-state index is -1.05. The van der Waals surface area contributed by atoms with Gasteiger partial charge in [-0.15, -0.1) is 0 Å². The van der Waals surface area contributed by atoms with Crippen LogP contribution in [0.25, 0.3) is 0 Å². The highest BCUT2D eigenvalue weighted by molar-refractivity contribution is 5.98. The largest absolute Gasteiger partial charge is 0.493 e. The predicted molar refractivity (Wildman–Crippen MR) is 123 cm³/mol. The van der Waals surface area contributed by atoms with Crippen LogP contribution in [0.4, 0.5) is 4.39 Å². The van der Waals surface area contributed by atoms with E-state index in [-0.39, 0.29) is 34.8 Å². The first-order valence-electron chi connectivity index (χ1n) is 10.9. The molecule has 0 saturated heterocycles. The van der Waals surface area contributed by atoms with Crippen molar-refractivity contribution in [3.05, 3.63) is 53.1 Å². The minimum absolute atomic E-state index is 0.0165. The molecule has 0 radical (unpaired) electrons. The smallest absolute Gasteiger partial charge is 0.328 e. The van der Waals surface area contributed by atoms with Crippen LogP contribution < -0.4 is 14.8 Å². The Hall–Kier alpha value is -3.49. The predicted octanol–water partition coefficient (Wildman–Crippen LogP) is 3.95. The zero-order valence-electron chi connectivity index (χ0n) is 20.5. The average Bonchev–Trinajstić information content (AvgIpc) is 2.74. The Bertz CT molecular complexity index is 1060. The van der Waals surface area contributed by atoms with Gasteiger partial charge in [0.05, 0.1) is 7.11 Å². The van der Waals surface area contributed by atoms with Gasteiger partial charge in [0.25, 0.3) is 5.91 Å². The maximum atomic E-state index is 14.6. The number of amides is 1. The lowest BCUT2D eigenvalue weighted by atomic mass is 9.83. The molecule has 0 aliphatic carbocycles. The van der Waals surface area contributed by atoms with Crippen LogP contribution in [0.5, 0.6) is 11.5 Å². The Morgan fingerprint density at radius 1 is 1.09 bits per heavy atom. The fourth-order valence-electron chi connectivity index (χ4n) is 3.73. The van der Waals surface area contributed by atoms with E-state index >= 15 is 0 Å². The number of aryl methyl sites for hydroxylation is 1. The van der Waals surface area contributed by atoms with E-state index in [2.05, 4.69) is 10.3 Å². The van der Waals surface area contributed by atoms with E-state index in [0.717, 1.165) is 5.56 Å². The molecule has 1 aromatic carbocycles. The van der Waals surface area contributed by atoms with Crippen LogP contribution in [-0.4, -0.2) is 42.1 Å². The third-order valence-corrected chi connectivity index (χ3v) is 5.29. The summed E-state index contributed by atoms with van der Waals surface area (Å²) in [4.78, 5) is 40.9. The molecule has 0 unspecified atom stereocenters. The molecule has 184 valence electrons. The lowest BCUT2D eigenvalue weighted by Crippen LogP contribution is -2.42. The summed E-state index contributed by atoms with van der Waals surface area (Å²) in [7, 11) is 1.35. The number of esters is 2. The van der Waals surface area contributed by atoms with Crippen molar-refractivity contribution in [1.29, 1.82) is 0 Å². The number of carbonyl (C=O) groups excluding carboxylic acids is 3. The molecule has 34 heavy (non-hydrogen) atoms. The lowest BCUT2D eigenvalue weighted by Gasteiger charge is -2.29. The molecular weight excluding hydrogens is 443 g/mol. The van der Waals surface area contributed by atoms with E-state index in [1.54, 1.807) is 19.9 Å². The quantitative estimate of drug-likeness (QED) is 0.549. The molecular formula is C25H31FN2O6. The molecule has 0 fully saturated rings. The van der Waals surface area contributed by atoms with E-state index in [0.29, 0.717) is 5.56 Å². The molecule has 1 amide bonds. The van der Waals surface area contributed by atoms with E-state index in [1.165, 1.54) is 39.3 Å².